The van der Waals surface area contributed by atoms with E-state index >= 15 is 0 Å². The Morgan fingerprint density at radius 3 is 2.88 bits per heavy atom. The van der Waals surface area contributed by atoms with Gasteiger partial charge >= 0.3 is 0 Å². The van der Waals surface area contributed by atoms with Crippen LogP contribution in [0.25, 0.3) is 11.4 Å². The number of pyridine rings is 1. The first-order valence-electron chi connectivity index (χ1n) is 5.49. The molecule has 0 aliphatic carbocycles. The maximum absolute atomic E-state index is 12.8. The van der Waals surface area contributed by atoms with Crippen LogP contribution in [0.2, 0.25) is 0 Å². The van der Waals surface area contributed by atoms with Crippen molar-refractivity contribution in [1.82, 2.24) is 15.3 Å². The molecule has 90 valence electrons. The molecule has 0 amide bonds. The standard InChI is InChI=1S/C12H14FN3S/c1-3-14-7-11-16-12(8(2)17-11)10-5-4-9(13)6-15-10/h4-6,14H,3,7H2,1-2H3. The van der Waals surface area contributed by atoms with Gasteiger partial charge in [-0.05, 0) is 25.6 Å². The van der Waals surface area contributed by atoms with Crippen molar-refractivity contribution in [2.45, 2.75) is 20.4 Å². The summed E-state index contributed by atoms with van der Waals surface area (Å²) in [4.78, 5) is 9.68. The highest BCUT2D eigenvalue weighted by molar-refractivity contribution is 7.12. The molecule has 0 aliphatic heterocycles. The number of nitrogens with zero attached hydrogens (tertiary/aromatic N) is 2. The number of hydrogen-bond donors (Lipinski definition) is 1. The fourth-order valence-electron chi connectivity index (χ4n) is 1.51. The average molecular weight is 251 g/mol. The molecule has 0 fully saturated rings. The lowest BCUT2D eigenvalue weighted by Crippen LogP contribution is -2.11. The molecule has 3 nitrogen and oxygen atoms in total. The van der Waals surface area contributed by atoms with E-state index in [0.29, 0.717) is 0 Å². The Morgan fingerprint density at radius 2 is 2.24 bits per heavy atom. The summed E-state index contributed by atoms with van der Waals surface area (Å²) in [6, 6.07) is 3.07. The van der Waals surface area contributed by atoms with E-state index in [1.165, 1.54) is 12.3 Å². The third-order valence-corrected chi connectivity index (χ3v) is 3.31. The van der Waals surface area contributed by atoms with Crippen molar-refractivity contribution >= 4 is 11.3 Å². The molecule has 2 aromatic heterocycles. The van der Waals surface area contributed by atoms with E-state index in [2.05, 4.69) is 22.2 Å². The van der Waals surface area contributed by atoms with E-state index in [4.69, 9.17) is 0 Å². The molecule has 2 rings (SSSR count). The SMILES string of the molecule is CCNCc1nc(-c2ccc(F)cn2)c(C)s1. The monoisotopic (exact) mass is 251 g/mol. The van der Waals surface area contributed by atoms with Crippen LogP contribution in [0, 0.1) is 12.7 Å². The molecule has 0 radical (unpaired) electrons. The fraction of sp³-hybridized carbons (Fsp3) is 0.333. The molecule has 0 aliphatic rings. The number of aryl methyl sites for hydroxylation is 1. The summed E-state index contributed by atoms with van der Waals surface area (Å²) in [6.45, 7) is 5.75. The highest BCUT2D eigenvalue weighted by Crippen LogP contribution is 2.25. The molecule has 5 heteroatoms. The minimum Gasteiger partial charge on any atom is -0.311 e. The van der Waals surface area contributed by atoms with Gasteiger partial charge in [0.05, 0.1) is 11.9 Å². The van der Waals surface area contributed by atoms with Crippen LogP contribution in [0.5, 0.6) is 0 Å². The lowest BCUT2D eigenvalue weighted by molar-refractivity contribution is 0.622. The van der Waals surface area contributed by atoms with E-state index < -0.39 is 0 Å². The molecule has 0 unspecified atom stereocenters. The third kappa shape index (κ3) is 2.87. The molecule has 0 aromatic carbocycles. The number of rotatable bonds is 4. The van der Waals surface area contributed by atoms with Crippen LogP contribution in [0.4, 0.5) is 4.39 Å². The number of aromatic nitrogens is 2. The molecule has 2 heterocycles. The van der Waals surface area contributed by atoms with Crippen molar-refractivity contribution in [1.29, 1.82) is 0 Å². The molecular weight excluding hydrogens is 237 g/mol. The molecule has 0 spiro atoms. The van der Waals surface area contributed by atoms with Crippen molar-refractivity contribution in [3.05, 3.63) is 34.0 Å². The molecule has 0 atom stereocenters. The topological polar surface area (TPSA) is 37.8 Å². The molecule has 0 saturated carbocycles. The quantitative estimate of drug-likeness (QED) is 0.908. The zero-order chi connectivity index (χ0) is 12.3. The van der Waals surface area contributed by atoms with Gasteiger partial charge in [0, 0.05) is 11.4 Å². The second-order valence-electron chi connectivity index (χ2n) is 3.65. The molecular formula is C12H14FN3S. The number of hydrogen-bond acceptors (Lipinski definition) is 4. The van der Waals surface area contributed by atoms with Crippen LogP contribution in [0.3, 0.4) is 0 Å². The van der Waals surface area contributed by atoms with Gasteiger partial charge in [0.2, 0.25) is 0 Å². The first kappa shape index (κ1) is 12.1. The third-order valence-electron chi connectivity index (χ3n) is 2.34. The first-order chi connectivity index (χ1) is 8.20. The van der Waals surface area contributed by atoms with Crippen molar-refractivity contribution in [2.75, 3.05) is 6.54 Å². The number of nitrogens with one attached hydrogen (secondary N) is 1. The van der Waals surface area contributed by atoms with Gasteiger partial charge in [-0.1, -0.05) is 6.92 Å². The molecule has 1 N–H and O–H groups in total. The summed E-state index contributed by atoms with van der Waals surface area (Å²) in [5, 5.41) is 4.27. The maximum Gasteiger partial charge on any atom is 0.141 e. The summed E-state index contributed by atoms with van der Waals surface area (Å²) in [5.41, 5.74) is 1.57. The first-order valence-corrected chi connectivity index (χ1v) is 6.31. The molecule has 2 aromatic rings. The summed E-state index contributed by atoms with van der Waals surface area (Å²) in [5.74, 6) is -0.325. The van der Waals surface area contributed by atoms with Crippen molar-refractivity contribution in [2.24, 2.45) is 0 Å². The van der Waals surface area contributed by atoms with Crippen molar-refractivity contribution in [3.63, 3.8) is 0 Å². The van der Waals surface area contributed by atoms with E-state index in [1.54, 1.807) is 17.4 Å². The minimum absolute atomic E-state index is 0.325. The minimum atomic E-state index is -0.325. The summed E-state index contributed by atoms with van der Waals surface area (Å²) in [6.07, 6.45) is 1.22. The van der Waals surface area contributed by atoms with Gasteiger partial charge in [-0.3, -0.25) is 4.98 Å². The number of thiazole rings is 1. The van der Waals surface area contributed by atoms with Gasteiger partial charge in [0.1, 0.15) is 16.5 Å². The number of halogens is 1. The second-order valence-corrected chi connectivity index (χ2v) is 4.94. The van der Waals surface area contributed by atoms with Gasteiger partial charge in [-0.2, -0.15) is 0 Å². The Bertz CT molecular complexity index is 493. The average Bonchev–Trinajstić information content (AvgIpc) is 2.69. The Hall–Kier alpha value is -1.33. The Balaban J connectivity index is 2.26. The smallest absolute Gasteiger partial charge is 0.141 e. The van der Waals surface area contributed by atoms with Gasteiger partial charge in [-0.25, -0.2) is 9.37 Å². The Kier molecular flexibility index (Phi) is 3.81. The van der Waals surface area contributed by atoms with Crippen LogP contribution in [-0.2, 0) is 6.54 Å². The highest BCUT2D eigenvalue weighted by Gasteiger charge is 2.10. The summed E-state index contributed by atoms with van der Waals surface area (Å²) in [7, 11) is 0. The zero-order valence-electron chi connectivity index (χ0n) is 9.83. The second kappa shape index (κ2) is 5.33. The van der Waals surface area contributed by atoms with Gasteiger partial charge in [-0.15, -0.1) is 11.3 Å². The largest absolute Gasteiger partial charge is 0.311 e. The van der Waals surface area contributed by atoms with Gasteiger partial charge < -0.3 is 5.32 Å². The van der Waals surface area contributed by atoms with Crippen LogP contribution >= 0.6 is 11.3 Å². The van der Waals surface area contributed by atoms with Crippen LogP contribution in [0.1, 0.15) is 16.8 Å². The Labute approximate surface area is 104 Å². The fourth-order valence-corrected chi connectivity index (χ4v) is 2.42. The van der Waals surface area contributed by atoms with Crippen LogP contribution < -0.4 is 5.32 Å². The van der Waals surface area contributed by atoms with E-state index in [0.717, 1.165) is 34.4 Å². The summed E-state index contributed by atoms with van der Waals surface area (Å²) < 4.78 is 12.8. The Morgan fingerprint density at radius 1 is 1.41 bits per heavy atom. The molecule has 0 bridgehead atoms. The van der Waals surface area contributed by atoms with E-state index in [-0.39, 0.29) is 5.82 Å². The lowest BCUT2D eigenvalue weighted by atomic mass is 10.2. The van der Waals surface area contributed by atoms with Crippen molar-refractivity contribution in [3.8, 4) is 11.4 Å². The predicted octanol–water partition coefficient (Wildman–Crippen LogP) is 2.76. The highest BCUT2D eigenvalue weighted by atomic mass is 32.1. The summed E-state index contributed by atoms with van der Waals surface area (Å²) >= 11 is 1.65. The van der Waals surface area contributed by atoms with E-state index in [9.17, 15) is 4.39 Å². The predicted molar refractivity (Wildman–Crippen MR) is 67.4 cm³/mol. The van der Waals surface area contributed by atoms with Crippen LogP contribution in [0.15, 0.2) is 18.3 Å². The van der Waals surface area contributed by atoms with Gasteiger partial charge in [0.25, 0.3) is 0 Å². The van der Waals surface area contributed by atoms with Crippen LogP contribution in [-0.4, -0.2) is 16.5 Å². The molecule has 17 heavy (non-hydrogen) atoms. The van der Waals surface area contributed by atoms with Crippen molar-refractivity contribution < 1.29 is 4.39 Å². The van der Waals surface area contributed by atoms with E-state index in [1.807, 2.05) is 6.92 Å². The zero-order valence-corrected chi connectivity index (χ0v) is 10.6. The normalized spacial score (nSPS) is 10.8. The van der Waals surface area contributed by atoms with Gasteiger partial charge in [0.15, 0.2) is 0 Å². The maximum atomic E-state index is 12.8. The molecule has 0 saturated heterocycles. The lowest BCUT2D eigenvalue weighted by Gasteiger charge is -1.97.